The zero-order valence-electron chi connectivity index (χ0n) is 15.7. The number of likely N-dealkylation sites (tertiary alicyclic amines) is 1. The fraction of sp³-hybridized carbons (Fsp3) is 0.368. The maximum absolute atomic E-state index is 13.4. The minimum absolute atomic E-state index is 0.0410. The summed E-state index contributed by atoms with van der Waals surface area (Å²) in [4.78, 5) is 22.3. The Hall–Kier alpha value is -2.58. The van der Waals surface area contributed by atoms with Gasteiger partial charge in [-0.15, -0.1) is 0 Å². The van der Waals surface area contributed by atoms with Gasteiger partial charge < -0.3 is 10.2 Å². The SMILES string of the molecule is CCN1CCCC1N(C)c1ncc2ncnc(Nc3ccc(F)c(Cl)c3)c2n1. The van der Waals surface area contributed by atoms with Crippen LogP contribution in [-0.2, 0) is 0 Å². The first kappa shape index (κ1) is 18.8. The van der Waals surface area contributed by atoms with Crippen molar-refractivity contribution < 1.29 is 4.39 Å². The van der Waals surface area contributed by atoms with E-state index in [0.29, 0.717) is 28.5 Å². The lowest BCUT2D eigenvalue weighted by Gasteiger charge is -2.31. The van der Waals surface area contributed by atoms with Crippen LogP contribution in [0.4, 0.5) is 21.8 Å². The highest BCUT2D eigenvalue weighted by Crippen LogP contribution is 2.27. The van der Waals surface area contributed by atoms with E-state index >= 15 is 0 Å². The van der Waals surface area contributed by atoms with Crippen LogP contribution in [0.15, 0.2) is 30.7 Å². The standard InChI is InChI=1S/C19H21ClFN7/c1-3-28-8-4-5-16(28)27(2)19-22-10-15-17(26-19)18(24-11-23-15)25-12-6-7-14(21)13(20)9-12/h6-7,9-11,16H,3-5,8H2,1-2H3,(H,23,24,25). The van der Waals surface area contributed by atoms with Gasteiger partial charge in [-0.25, -0.2) is 24.3 Å². The highest BCUT2D eigenvalue weighted by molar-refractivity contribution is 6.31. The molecular formula is C19H21ClFN7. The van der Waals surface area contributed by atoms with Crippen LogP contribution in [0.1, 0.15) is 19.8 Å². The number of anilines is 3. The summed E-state index contributed by atoms with van der Waals surface area (Å²) in [5.41, 5.74) is 1.84. The van der Waals surface area contributed by atoms with E-state index in [1.165, 1.54) is 18.5 Å². The van der Waals surface area contributed by atoms with Gasteiger partial charge in [0.05, 0.1) is 17.4 Å². The summed E-state index contributed by atoms with van der Waals surface area (Å²) in [5, 5.41) is 3.19. The summed E-state index contributed by atoms with van der Waals surface area (Å²) in [6, 6.07) is 4.42. The molecule has 146 valence electrons. The number of hydrogen-bond donors (Lipinski definition) is 1. The molecule has 1 aromatic carbocycles. The number of fused-ring (bicyclic) bond motifs is 1. The third-order valence-corrected chi connectivity index (χ3v) is 5.33. The molecule has 0 spiro atoms. The van der Waals surface area contributed by atoms with Gasteiger partial charge in [-0.05, 0) is 37.6 Å². The maximum atomic E-state index is 13.4. The molecule has 7 nitrogen and oxygen atoms in total. The molecule has 1 atom stereocenters. The molecule has 1 fully saturated rings. The normalized spacial score (nSPS) is 17.2. The number of benzene rings is 1. The fourth-order valence-electron chi connectivity index (χ4n) is 3.57. The van der Waals surface area contributed by atoms with Crippen molar-refractivity contribution in [2.24, 2.45) is 0 Å². The smallest absolute Gasteiger partial charge is 0.227 e. The number of nitrogens with zero attached hydrogens (tertiary/aromatic N) is 6. The maximum Gasteiger partial charge on any atom is 0.227 e. The van der Waals surface area contributed by atoms with Crippen molar-refractivity contribution >= 4 is 40.1 Å². The van der Waals surface area contributed by atoms with Crippen LogP contribution < -0.4 is 10.2 Å². The monoisotopic (exact) mass is 401 g/mol. The molecule has 0 saturated carbocycles. The van der Waals surface area contributed by atoms with E-state index in [0.717, 1.165) is 25.9 Å². The molecule has 4 rings (SSSR count). The van der Waals surface area contributed by atoms with E-state index < -0.39 is 5.82 Å². The van der Waals surface area contributed by atoms with Gasteiger partial charge >= 0.3 is 0 Å². The van der Waals surface area contributed by atoms with Gasteiger partial charge in [0.15, 0.2) is 5.82 Å². The van der Waals surface area contributed by atoms with Crippen molar-refractivity contribution in [3.63, 3.8) is 0 Å². The summed E-state index contributed by atoms with van der Waals surface area (Å²) in [6.45, 7) is 4.24. The fourth-order valence-corrected chi connectivity index (χ4v) is 3.75. The van der Waals surface area contributed by atoms with Gasteiger partial charge in [0.25, 0.3) is 0 Å². The van der Waals surface area contributed by atoms with Crippen molar-refractivity contribution in [1.82, 2.24) is 24.8 Å². The molecule has 1 unspecified atom stereocenters. The first-order chi connectivity index (χ1) is 13.6. The summed E-state index contributed by atoms with van der Waals surface area (Å²) >= 11 is 5.88. The van der Waals surface area contributed by atoms with Gasteiger partial charge in [0.2, 0.25) is 5.95 Å². The zero-order valence-corrected chi connectivity index (χ0v) is 16.5. The molecule has 3 aromatic rings. The van der Waals surface area contributed by atoms with Gasteiger partial charge in [0.1, 0.15) is 23.2 Å². The predicted molar refractivity (Wildman–Crippen MR) is 108 cm³/mol. The summed E-state index contributed by atoms with van der Waals surface area (Å²) < 4.78 is 13.4. The molecule has 1 aliphatic heterocycles. The van der Waals surface area contributed by atoms with Crippen molar-refractivity contribution in [2.45, 2.75) is 25.9 Å². The van der Waals surface area contributed by atoms with Crippen LogP contribution in [0, 0.1) is 5.82 Å². The molecule has 2 aromatic heterocycles. The Morgan fingerprint density at radius 2 is 2.18 bits per heavy atom. The quantitative estimate of drug-likeness (QED) is 0.696. The molecule has 1 N–H and O–H groups in total. The van der Waals surface area contributed by atoms with E-state index in [1.54, 1.807) is 12.3 Å². The van der Waals surface area contributed by atoms with Crippen LogP contribution in [0.2, 0.25) is 5.02 Å². The third kappa shape index (κ3) is 3.57. The lowest BCUT2D eigenvalue weighted by Crippen LogP contribution is -2.43. The Labute approximate surface area is 167 Å². The first-order valence-electron chi connectivity index (χ1n) is 9.23. The van der Waals surface area contributed by atoms with Crippen LogP contribution in [0.3, 0.4) is 0 Å². The molecular weight excluding hydrogens is 381 g/mol. The Morgan fingerprint density at radius 3 is 2.96 bits per heavy atom. The Bertz CT molecular complexity index is 999. The predicted octanol–water partition coefficient (Wildman–Crippen LogP) is 3.83. The van der Waals surface area contributed by atoms with Crippen LogP contribution in [-0.4, -0.2) is 51.1 Å². The second-order valence-electron chi connectivity index (χ2n) is 6.74. The lowest BCUT2D eigenvalue weighted by molar-refractivity contribution is 0.263. The first-order valence-corrected chi connectivity index (χ1v) is 9.61. The van der Waals surface area contributed by atoms with E-state index in [4.69, 9.17) is 16.6 Å². The lowest BCUT2D eigenvalue weighted by atomic mass is 10.3. The molecule has 1 saturated heterocycles. The molecule has 1 aliphatic rings. The number of hydrogen-bond acceptors (Lipinski definition) is 7. The van der Waals surface area contributed by atoms with E-state index in [1.807, 2.05) is 7.05 Å². The van der Waals surface area contributed by atoms with Gasteiger partial charge in [0, 0.05) is 19.3 Å². The van der Waals surface area contributed by atoms with Crippen LogP contribution in [0.25, 0.3) is 11.0 Å². The molecule has 0 aliphatic carbocycles. The van der Waals surface area contributed by atoms with Gasteiger partial charge in [-0.2, -0.15) is 0 Å². The van der Waals surface area contributed by atoms with E-state index in [-0.39, 0.29) is 11.2 Å². The largest absolute Gasteiger partial charge is 0.338 e. The summed E-state index contributed by atoms with van der Waals surface area (Å²) in [5.74, 6) is 0.666. The average Bonchev–Trinajstić information content (AvgIpc) is 3.19. The number of rotatable bonds is 5. The average molecular weight is 402 g/mol. The molecule has 9 heteroatoms. The van der Waals surface area contributed by atoms with Crippen molar-refractivity contribution in [2.75, 3.05) is 30.4 Å². The highest BCUT2D eigenvalue weighted by atomic mass is 35.5. The second-order valence-corrected chi connectivity index (χ2v) is 7.15. The van der Waals surface area contributed by atoms with Crippen LogP contribution >= 0.6 is 11.6 Å². The Morgan fingerprint density at radius 1 is 1.32 bits per heavy atom. The summed E-state index contributed by atoms with van der Waals surface area (Å²) in [6.07, 6.45) is 5.66. The van der Waals surface area contributed by atoms with Crippen molar-refractivity contribution in [3.8, 4) is 0 Å². The number of aromatic nitrogens is 4. The highest BCUT2D eigenvalue weighted by Gasteiger charge is 2.28. The minimum atomic E-state index is -0.469. The Balaban J connectivity index is 1.68. The zero-order chi connectivity index (χ0) is 19.7. The summed E-state index contributed by atoms with van der Waals surface area (Å²) in [7, 11) is 2.01. The molecule has 0 amide bonds. The van der Waals surface area contributed by atoms with Crippen molar-refractivity contribution in [3.05, 3.63) is 41.6 Å². The van der Waals surface area contributed by atoms with E-state index in [2.05, 4.69) is 37.0 Å². The Kier molecular flexibility index (Phi) is 5.23. The third-order valence-electron chi connectivity index (χ3n) is 5.04. The van der Waals surface area contributed by atoms with Gasteiger partial charge in [-0.1, -0.05) is 18.5 Å². The molecule has 28 heavy (non-hydrogen) atoms. The number of nitrogens with one attached hydrogen (secondary N) is 1. The second kappa shape index (κ2) is 7.81. The van der Waals surface area contributed by atoms with Crippen molar-refractivity contribution in [1.29, 1.82) is 0 Å². The molecule has 0 radical (unpaired) electrons. The van der Waals surface area contributed by atoms with Crippen LogP contribution in [0.5, 0.6) is 0 Å². The molecule has 3 heterocycles. The molecule has 0 bridgehead atoms. The van der Waals surface area contributed by atoms with E-state index in [9.17, 15) is 4.39 Å². The topological polar surface area (TPSA) is 70.1 Å². The minimum Gasteiger partial charge on any atom is -0.338 e. The number of halogens is 2. The van der Waals surface area contributed by atoms with Gasteiger partial charge in [-0.3, -0.25) is 4.90 Å².